The van der Waals surface area contributed by atoms with Crippen LogP contribution in [0.5, 0.6) is 0 Å². The third kappa shape index (κ3) is 2.08. The molecule has 0 unspecified atom stereocenters. The molecule has 0 aliphatic rings. The van der Waals surface area contributed by atoms with Crippen molar-refractivity contribution in [3.63, 3.8) is 0 Å². The lowest BCUT2D eigenvalue weighted by atomic mass is 10.4. The minimum absolute atomic E-state index is 0.392. The first-order chi connectivity index (χ1) is 8.69. The molecule has 0 saturated carbocycles. The van der Waals surface area contributed by atoms with Gasteiger partial charge in [-0.1, -0.05) is 6.92 Å². The van der Waals surface area contributed by atoms with E-state index >= 15 is 0 Å². The number of nitrogens with two attached hydrogens (primary N) is 1. The molecule has 0 aliphatic carbocycles. The average Bonchev–Trinajstić information content (AvgIpc) is 2.76. The van der Waals surface area contributed by atoms with E-state index in [0.29, 0.717) is 30.8 Å². The van der Waals surface area contributed by atoms with Gasteiger partial charge in [-0.25, -0.2) is 9.78 Å². The third-order valence-corrected chi connectivity index (χ3v) is 2.81. The van der Waals surface area contributed by atoms with Crippen LogP contribution in [-0.4, -0.2) is 25.6 Å². The number of nitrogens with one attached hydrogen (secondary N) is 1. The van der Waals surface area contributed by atoms with Gasteiger partial charge in [0.25, 0.3) is 5.56 Å². The van der Waals surface area contributed by atoms with Gasteiger partial charge in [0.2, 0.25) is 0 Å². The van der Waals surface area contributed by atoms with Crippen molar-refractivity contribution < 1.29 is 0 Å². The molecule has 0 aromatic carbocycles. The molecule has 3 N–H and O–H groups in total. The zero-order chi connectivity index (χ0) is 13.1. The highest BCUT2D eigenvalue weighted by Gasteiger charge is 2.12. The predicted molar refractivity (Wildman–Crippen MR) is 68.6 cm³/mol. The van der Waals surface area contributed by atoms with Gasteiger partial charge in [0.05, 0.1) is 6.33 Å². The average molecular weight is 251 g/mol. The number of aromatic amines is 1. The van der Waals surface area contributed by atoms with E-state index in [-0.39, 0.29) is 0 Å². The van der Waals surface area contributed by atoms with Crippen LogP contribution in [0.2, 0.25) is 0 Å². The summed E-state index contributed by atoms with van der Waals surface area (Å²) < 4.78 is 3.24. The molecule has 18 heavy (non-hydrogen) atoms. The lowest BCUT2D eigenvalue weighted by Crippen LogP contribution is -2.31. The van der Waals surface area contributed by atoms with Crippen LogP contribution in [0.4, 0.5) is 0 Å². The van der Waals surface area contributed by atoms with E-state index in [9.17, 15) is 9.59 Å². The number of aryl methyl sites for hydroxylation is 2. The Kier molecular flexibility index (Phi) is 3.61. The van der Waals surface area contributed by atoms with Gasteiger partial charge in [-0.15, -0.1) is 0 Å². The molecule has 0 atom stereocenters. The SMILES string of the molecule is CCCn1c(=O)[nH]c(=O)c2c1ncn2CCCN. The fourth-order valence-corrected chi connectivity index (χ4v) is 1.98. The zero-order valence-corrected chi connectivity index (χ0v) is 10.3. The number of H-pyrrole nitrogens is 1. The van der Waals surface area contributed by atoms with Gasteiger partial charge in [0.15, 0.2) is 11.2 Å². The van der Waals surface area contributed by atoms with Crippen LogP contribution in [0.1, 0.15) is 19.8 Å². The van der Waals surface area contributed by atoms with E-state index in [4.69, 9.17) is 5.73 Å². The van der Waals surface area contributed by atoms with Crippen LogP contribution in [0.15, 0.2) is 15.9 Å². The van der Waals surface area contributed by atoms with Crippen LogP contribution < -0.4 is 17.0 Å². The maximum atomic E-state index is 11.8. The summed E-state index contributed by atoms with van der Waals surface area (Å²) in [4.78, 5) is 30.1. The highest BCUT2D eigenvalue weighted by atomic mass is 16.2. The first kappa shape index (κ1) is 12.6. The van der Waals surface area contributed by atoms with Crippen LogP contribution >= 0.6 is 0 Å². The molecule has 2 aromatic rings. The molecule has 0 saturated heterocycles. The second kappa shape index (κ2) is 5.18. The van der Waals surface area contributed by atoms with Gasteiger partial charge in [-0.05, 0) is 19.4 Å². The first-order valence-corrected chi connectivity index (χ1v) is 6.07. The van der Waals surface area contributed by atoms with Crippen molar-refractivity contribution in [2.75, 3.05) is 6.54 Å². The molecule has 0 fully saturated rings. The molecule has 0 amide bonds. The quantitative estimate of drug-likeness (QED) is 0.758. The van der Waals surface area contributed by atoms with Crippen molar-refractivity contribution in [2.24, 2.45) is 5.73 Å². The van der Waals surface area contributed by atoms with Gasteiger partial charge in [0, 0.05) is 13.1 Å². The Balaban J connectivity index is 2.63. The van der Waals surface area contributed by atoms with Crippen LogP contribution in [0.3, 0.4) is 0 Å². The van der Waals surface area contributed by atoms with E-state index in [0.717, 1.165) is 12.8 Å². The Morgan fingerprint density at radius 1 is 1.39 bits per heavy atom. The molecule has 7 heteroatoms. The van der Waals surface area contributed by atoms with Crippen molar-refractivity contribution in [2.45, 2.75) is 32.9 Å². The first-order valence-electron chi connectivity index (χ1n) is 6.07. The zero-order valence-electron chi connectivity index (χ0n) is 10.3. The summed E-state index contributed by atoms with van der Waals surface area (Å²) in [7, 11) is 0. The van der Waals surface area contributed by atoms with Crippen molar-refractivity contribution in [1.82, 2.24) is 19.1 Å². The van der Waals surface area contributed by atoms with E-state index in [1.165, 1.54) is 4.57 Å². The fourth-order valence-electron chi connectivity index (χ4n) is 1.98. The number of imidazole rings is 1. The Morgan fingerprint density at radius 2 is 2.17 bits per heavy atom. The fraction of sp³-hybridized carbons (Fsp3) is 0.545. The molecule has 0 aliphatic heterocycles. The molecule has 2 aromatic heterocycles. The second-order valence-corrected chi connectivity index (χ2v) is 4.16. The largest absolute Gasteiger partial charge is 0.330 e. The number of aromatic nitrogens is 4. The molecule has 0 radical (unpaired) electrons. The van der Waals surface area contributed by atoms with Crippen molar-refractivity contribution >= 4 is 11.2 Å². The molecule has 2 rings (SSSR count). The molecule has 7 nitrogen and oxygen atoms in total. The van der Waals surface area contributed by atoms with Crippen molar-refractivity contribution in [1.29, 1.82) is 0 Å². The van der Waals surface area contributed by atoms with E-state index in [1.807, 2.05) is 6.92 Å². The van der Waals surface area contributed by atoms with Gasteiger partial charge >= 0.3 is 5.69 Å². The third-order valence-electron chi connectivity index (χ3n) is 2.81. The highest BCUT2D eigenvalue weighted by Crippen LogP contribution is 2.06. The Labute approximate surface area is 103 Å². The normalized spacial score (nSPS) is 11.2. The molecular weight excluding hydrogens is 234 g/mol. The van der Waals surface area contributed by atoms with Gasteiger partial charge in [-0.3, -0.25) is 14.3 Å². The topological polar surface area (TPSA) is 98.7 Å². The number of hydrogen-bond acceptors (Lipinski definition) is 4. The summed E-state index contributed by atoms with van der Waals surface area (Å²) in [5.41, 5.74) is 5.55. The summed E-state index contributed by atoms with van der Waals surface area (Å²) >= 11 is 0. The summed E-state index contributed by atoms with van der Waals surface area (Å²) in [5.74, 6) is 0. The summed E-state index contributed by atoms with van der Waals surface area (Å²) in [6, 6.07) is 0. The smallest absolute Gasteiger partial charge is 0.330 e. The molecule has 2 heterocycles. The number of nitrogens with zero attached hydrogens (tertiary/aromatic N) is 3. The van der Waals surface area contributed by atoms with Crippen LogP contribution in [0, 0.1) is 0 Å². The van der Waals surface area contributed by atoms with Crippen molar-refractivity contribution in [3.05, 3.63) is 27.2 Å². The minimum Gasteiger partial charge on any atom is -0.330 e. The maximum Gasteiger partial charge on any atom is 0.330 e. The summed E-state index contributed by atoms with van der Waals surface area (Å²) in [6.07, 6.45) is 3.15. The highest BCUT2D eigenvalue weighted by molar-refractivity contribution is 5.69. The Bertz CT molecular complexity index is 651. The van der Waals surface area contributed by atoms with Gasteiger partial charge in [-0.2, -0.15) is 0 Å². The number of fused-ring (bicyclic) bond motifs is 1. The Morgan fingerprint density at radius 3 is 2.83 bits per heavy atom. The second-order valence-electron chi connectivity index (χ2n) is 4.16. The maximum absolute atomic E-state index is 11.8. The van der Waals surface area contributed by atoms with Gasteiger partial charge < -0.3 is 10.3 Å². The number of hydrogen-bond donors (Lipinski definition) is 2. The van der Waals surface area contributed by atoms with Gasteiger partial charge in [0.1, 0.15) is 0 Å². The van der Waals surface area contributed by atoms with Crippen LogP contribution in [-0.2, 0) is 13.1 Å². The Hall–Kier alpha value is -1.89. The van der Waals surface area contributed by atoms with E-state index in [2.05, 4.69) is 9.97 Å². The monoisotopic (exact) mass is 251 g/mol. The molecule has 0 bridgehead atoms. The molecule has 98 valence electrons. The molecular formula is C11H17N5O2. The lowest BCUT2D eigenvalue weighted by Gasteiger charge is -2.05. The van der Waals surface area contributed by atoms with E-state index in [1.54, 1.807) is 10.9 Å². The van der Waals surface area contributed by atoms with E-state index < -0.39 is 11.2 Å². The molecule has 0 spiro atoms. The van der Waals surface area contributed by atoms with Crippen LogP contribution in [0.25, 0.3) is 11.2 Å². The predicted octanol–water partition coefficient (Wildman–Crippen LogP) is -0.355. The minimum atomic E-state index is -0.404. The van der Waals surface area contributed by atoms with Crippen molar-refractivity contribution in [3.8, 4) is 0 Å². The summed E-state index contributed by atoms with van der Waals surface area (Å²) in [6.45, 7) is 3.68. The lowest BCUT2D eigenvalue weighted by molar-refractivity contribution is 0.646. The summed E-state index contributed by atoms with van der Waals surface area (Å²) in [5, 5.41) is 0. The standard InChI is InChI=1S/C11H17N5O2/c1-2-5-16-9-8(10(17)14-11(16)18)15(7-13-9)6-3-4-12/h7H,2-6,12H2,1H3,(H,14,17,18). The number of rotatable bonds is 5.